The molecule has 0 fully saturated rings. The van der Waals surface area contributed by atoms with Crippen molar-refractivity contribution >= 4 is 0 Å². The Morgan fingerprint density at radius 3 is 2.69 bits per heavy atom. The van der Waals surface area contributed by atoms with Crippen molar-refractivity contribution in [2.45, 2.75) is 6.04 Å². The lowest BCUT2D eigenvalue weighted by Gasteiger charge is -2.11. The molecule has 0 spiro atoms. The van der Waals surface area contributed by atoms with Gasteiger partial charge >= 0.3 is 0 Å². The summed E-state index contributed by atoms with van der Waals surface area (Å²) in [6.45, 7) is 1.29. The molecule has 0 aliphatic heterocycles. The van der Waals surface area contributed by atoms with E-state index in [2.05, 4.69) is 11.2 Å². The summed E-state index contributed by atoms with van der Waals surface area (Å²) >= 11 is 0. The van der Waals surface area contributed by atoms with Crippen molar-refractivity contribution in [2.75, 3.05) is 13.1 Å². The van der Waals surface area contributed by atoms with Gasteiger partial charge < -0.3 is 11.1 Å². The Bertz CT molecular complexity index is 274. The fourth-order valence-electron chi connectivity index (χ4n) is 1.12. The monoisotopic (exact) mass is 174 g/mol. The van der Waals surface area contributed by atoms with Gasteiger partial charge in [0.1, 0.15) is 0 Å². The first-order valence-corrected chi connectivity index (χ1v) is 4.29. The molecule has 3 N–H and O–H groups in total. The van der Waals surface area contributed by atoms with E-state index in [0.29, 0.717) is 13.1 Å². The van der Waals surface area contributed by atoms with E-state index < -0.39 is 0 Å². The highest BCUT2D eigenvalue weighted by Gasteiger charge is 2.02. The predicted octanol–water partition coefficient (Wildman–Crippen LogP) is 0.909. The van der Waals surface area contributed by atoms with Gasteiger partial charge in [0, 0.05) is 12.6 Å². The van der Waals surface area contributed by atoms with E-state index in [1.807, 2.05) is 30.3 Å². The van der Waals surface area contributed by atoms with Crippen LogP contribution in [0.3, 0.4) is 0 Å². The molecule has 1 aromatic carbocycles. The fraction of sp³-hybridized carbons (Fsp3) is 0.273. The minimum atomic E-state index is 0.0227. The minimum absolute atomic E-state index is 0.0227. The highest BCUT2D eigenvalue weighted by atomic mass is 14.9. The molecule has 2 heteroatoms. The maximum absolute atomic E-state index is 5.90. The third-order valence-electron chi connectivity index (χ3n) is 1.82. The van der Waals surface area contributed by atoms with Gasteiger partial charge in [-0.3, -0.25) is 0 Å². The summed E-state index contributed by atoms with van der Waals surface area (Å²) in [5.74, 6) is 2.51. The van der Waals surface area contributed by atoms with E-state index in [-0.39, 0.29) is 6.04 Å². The summed E-state index contributed by atoms with van der Waals surface area (Å²) in [6.07, 6.45) is 5.10. The van der Waals surface area contributed by atoms with Gasteiger partial charge in [0.25, 0.3) is 0 Å². The zero-order valence-electron chi connectivity index (χ0n) is 7.53. The van der Waals surface area contributed by atoms with Gasteiger partial charge in [0.05, 0.1) is 6.54 Å². The number of rotatable bonds is 4. The predicted molar refractivity (Wildman–Crippen MR) is 55.1 cm³/mol. The molecule has 1 rings (SSSR count). The Balaban J connectivity index is 2.41. The third kappa shape index (κ3) is 3.29. The molecule has 0 saturated heterocycles. The van der Waals surface area contributed by atoms with Gasteiger partial charge in [-0.1, -0.05) is 36.3 Å². The molecular weight excluding hydrogens is 160 g/mol. The smallest absolute Gasteiger partial charge is 0.0574 e. The van der Waals surface area contributed by atoms with Gasteiger partial charge in [0.2, 0.25) is 0 Å². The van der Waals surface area contributed by atoms with Gasteiger partial charge in [-0.15, -0.1) is 6.42 Å². The van der Waals surface area contributed by atoms with Crippen LogP contribution in [0.1, 0.15) is 11.6 Å². The molecule has 0 amide bonds. The van der Waals surface area contributed by atoms with E-state index in [4.69, 9.17) is 12.2 Å². The molecule has 0 bridgehead atoms. The number of hydrogen-bond acceptors (Lipinski definition) is 2. The molecule has 0 heterocycles. The zero-order chi connectivity index (χ0) is 9.52. The van der Waals surface area contributed by atoms with Crippen LogP contribution in [0.15, 0.2) is 30.3 Å². The summed E-state index contributed by atoms with van der Waals surface area (Å²) < 4.78 is 0. The highest BCUT2D eigenvalue weighted by Crippen LogP contribution is 2.07. The summed E-state index contributed by atoms with van der Waals surface area (Å²) in [5, 5.41) is 3.07. The molecule has 0 radical (unpaired) electrons. The Labute approximate surface area is 79.1 Å². The van der Waals surface area contributed by atoms with E-state index in [9.17, 15) is 0 Å². The van der Waals surface area contributed by atoms with E-state index in [1.54, 1.807) is 0 Å². The average molecular weight is 174 g/mol. The van der Waals surface area contributed by atoms with Gasteiger partial charge in [-0.25, -0.2) is 0 Å². The standard InChI is InChI=1S/C11H14N2/c1-2-8-13-9-11(12)10-6-4-3-5-7-10/h1,3-7,11,13H,8-9,12H2. The second-order valence-corrected chi connectivity index (χ2v) is 2.85. The maximum Gasteiger partial charge on any atom is 0.0574 e. The average Bonchev–Trinajstić information content (AvgIpc) is 2.19. The van der Waals surface area contributed by atoms with E-state index in [0.717, 1.165) is 5.56 Å². The normalized spacial score (nSPS) is 12.0. The van der Waals surface area contributed by atoms with E-state index >= 15 is 0 Å². The Kier molecular flexibility index (Phi) is 4.04. The van der Waals surface area contributed by atoms with Crippen molar-refractivity contribution in [2.24, 2.45) is 5.73 Å². The van der Waals surface area contributed by atoms with Crippen molar-refractivity contribution in [3.05, 3.63) is 35.9 Å². The molecule has 0 aliphatic carbocycles. The number of nitrogens with one attached hydrogen (secondary N) is 1. The lowest BCUT2D eigenvalue weighted by atomic mass is 10.1. The van der Waals surface area contributed by atoms with Crippen LogP contribution in [0, 0.1) is 12.3 Å². The first kappa shape index (κ1) is 9.79. The Morgan fingerprint density at radius 2 is 2.08 bits per heavy atom. The lowest BCUT2D eigenvalue weighted by molar-refractivity contribution is 0.634. The lowest BCUT2D eigenvalue weighted by Crippen LogP contribution is -2.27. The van der Waals surface area contributed by atoms with Crippen LogP contribution in [0.2, 0.25) is 0 Å². The molecule has 2 nitrogen and oxygen atoms in total. The second kappa shape index (κ2) is 5.36. The van der Waals surface area contributed by atoms with Gasteiger partial charge in [-0.2, -0.15) is 0 Å². The molecule has 68 valence electrons. The second-order valence-electron chi connectivity index (χ2n) is 2.85. The van der Waals surface area contributed by atoms with Gasteiger partial charge in [-0.05, 0) is 5.56 Å². The fourth-order valence-corrected chi connectivity index (χ4v) is 1.12. The molecule has 1 atom stereocenters. The molecule has 0 saturated carbocycles. The molecule has 1 unspecified atom stereocenters. The van der Waals surface area contributed by atoms with Crippen LogP contribution in [0.4, 0.5) is 0 Å². The number of benzene rings is 1. The number of terminal acetylenes is 1. The van der Waals surface area contributed by atoms with Gasteiger partial charge in [0.15, 0.2) is 0 Å². The maximum atomic E-state index is 5.90. The quantitative estimate of drug-likeness (QED) is 0.526. The topological polar surface area (TPSA) is 38.0 Å². The zero-order valence-corrected chi connectivity index (χ0v) is 7.53. The van der Waals surface area contributed by atoms with Crippen LogP contribution in [0.5, 0.6) is 0 Å². The molecular formula is C11H14N2. The summed E-state index contributed by atoms with van der Waals surface area (Å²) in [7, 11) is 0. The summed E-state index contributed by atoms with van der Waals surface area (Å²) in [6, 6.07) is 10.00. The van der Waals surface area contributed by atoms with Crippen molar-refractivity contribution in [1.82, 2.24) is 5.32 Å². The van der Waals surface area contributed by atoms with Crippen LogP contribution in [-0.2, 0) is 0 Å². The molecule has 0 aliphatic rings. The van der Waals surface area contributed by atoms with Crippen LogP contribution < -0.4 is 11.1 Å². The van der Waals surface area contributed by atoms with Crippen LogP contribution in [-0.4, -0.2) is 13.1 Å². The van der Waals surface area contributed by atoms with Crippen molar-refractivity contribution in [1.29, 1.82) is 0 Å². The molecule has 13 heavy (non-hydrogen) atoms. The van der Waals surface area contributed by atoms with E-state index in [1.165, 1.54) is 0 Å². The van der Waals surface area contributed by atoms with Crippen molar-refractivity contribution in [3.8, 4) is 12.3 Å². The number of hydrogen-bond donors (Lipinski definition) is 2. The minimum Gasteiger partial charge on any atom is -0.323 e. The molecule has 1 aromatic rings. The first-order chi connectivity index (χ1) is 6.34. The Morgan fingerprint density at radius 1 is 1.38 bits per heavy atom. The summed E-state index contributed by atoms with van der Waals surface area (Å²) in [5.41, 5.74) is 7.04. The molecule has 0 aromatic heterocycles. The largest absolute Gasteiger partial charge is 0.323 e. The highest BCUT2D eigenvalue weighted by molar-refractivity contribution is 5.18. The number of nitrogens with two attached hydrogens (primary N) is 1. The van der Waals surface area contributed by atoms with Crippen molar-refractivity contribution in [3.63, 3.8) is 0 Å². The van der Waals surface area contributed by atoms with Crippen LogP contribution in [0.25, 0.3) is 0 Å². The SMILES string of the molecule is C#CCNCC(N)c1ccccc1. The third-order valence-corrected chi connectivity index (χ3v) is 1.82. The van der Waals surface area contributed by atoms with Crippen LogP contribution >= 0.6 is 0 Å². The van der Waals surface area contributed by atoms with Crippen molar-refractivity contribution < 1.29 is 0 Å². The summed E-state index contributed by atoms with van der Waals surface area (Å²) in [4.78, 5) is 0. The Hall–Kier alpha value is -1.30. The first-order valence-electron chi connectivity index (χ1n) is 4.29.